The van der Waals surface area contributed by atoms with Crippen molar-refractivity contribution in [1.82, 2.24) is 20.0 Å². The lowest BCUT2D eigenvalue weighted by Gasteiger charge is -2.38. The largest absolute Gasteiger partial charge is 0.508 e. The van der Waals surface area contributed by atoms with E-state index in [1.54, 1.807) is 12.1 Å². The first kappa shape index (κ1) is 38.8. The molecule has 0 aliphatic rings. The number of phenols is 1. The number of carbonyl (C=O) groups excluding carboxylic acids is 5. The summed E-state index contributed by atoms with van der Waals surface area (Å²) in [7, 11) is 4.54. The number of aromatic hydroxyl groups is 1. The molecule has 0 fully saturated rings. The second-order valence-corrected chi connectivity index (χ2v) is 13.0. The quantitative estimate of drug-likeness (QED) is 0.163. The van der Waals surface area contributed by atoms with E-state index in [0.717, 1.165) is 16.7 Å². The third-order valence-electron chi connectivity index (χ3n) is 9.21. The number of rotatable bonds is 16. The lowest BCUT2D eigenvalue weighted by Crippen LogP contribution is -2.60. The van der Waals surface area contributed by atoms with Crippen molar-refractivity contribution in [3.8, 4) is 5.75 Å². The van der Waals surface area contributed by atoms with Gasteiger partial charge in [0.05, 0.1) is 0 Å². The number of primary amides is 1. The van der Waals surface area contributed by atoms with E-state index in [2.05, 4.69) is 5.32 Å². The van der Waals surface area contributed by atoms with Crippen molar-refractivity contribution in [2.24, 2.45) is 5.73 Å². The van der Waals surface area contributed by atoms with Crippen LogP contribution in [0.1, 0.15) is 29.2 Å². The van der Waals surface area contributed by atoms with Gasteiger partial charge in [0, 0.05) is 53.8 Å². The summed E-state index contributed by atoms with van der Waals surface area (Å²) >= 11 is 0. The fourth-order valence-electron chi connectivity index (χ4n) is 6.21. The van der Waals surface area contributed by atoms with Crippen LogP contribution in [-0.4, -0.2) is 94.7 Å². The van der Waals surface area contributed by atoms with Gasteiger partial charge < -0.3 is 30.9 Å². The molecule has 4 atom stereocenters. The summed E-state index contributed by atoms with van der Waals surface area (Å²) in [6.07, 6.45) is 0.556. The topological polar surface area (TPSA) is 153 Å². The molecule has 0 bridgehead atoms. The van der Waals surface area contributed by atoms with Crippen LogP contribution in [0.2, 0.25) is 0 Å². The van der Waals surface area contributed by atoms with Gasteiger partial charge in [-0.05, 0) is 34.4 Å². The molecule has 0 saturated carbocycles. The highest BCUT2D eigenvalue weighted by Gasteiger charge is 2.39. The highest BCUT2D eigenvalue weighted by molar-refractivity contribution is 5.95. The van der Waals surface area contributed by atoms with Crippen LogP contribution in [-0.2, 0) is 49.7 Å². The van der Waals surface area contributed by atoms with E-state index in [0.29, 0.717) is 5.56 Å². The highest BCUT2D eigenvalue weighted by atomic mass is 16.3. The summed E-state index contributed by atoms with van der Waals surface area (Å²) in [6, 6.07) is 29.8. The summed E-state index contributed by atoms with van der Waals surface area (Å²) in [5.41, 5.74) is 8.92. The Hall–Kier alpha value is -5.97. The fraction of sp³-hybridized carbons (Fsp3) is 0.293. The molecule has 4 aromatic carbocycles. The predicted molar refractivity (Wildman–Crippen MR) is 199 cm³/mol. The van der Waals surface area contributed by atoms with Gasteiger partial charge in [0.2, 0.25) is 29.5 Å². The van der Waals surface area contributed by atoms with Crippen molar-refractivity contribution in [2.75, 3.05) is 21.1 Å². The van der Waals surface area contributed by atoms with E-state index < -0.39 is 53.7 Å². The van der Waals surface area contributed by atoms with Crippen molar-refractivity contribution in [3.05, 3.63) is 138 Å². The molecule has 4 N–H and O–H groups in total. The van der Waals surface area contributed by atoms with Crippen LogP contribution in [0.25, 0.3) is 0 Å². The smallest absolute Gasteiger partial charge is 0.246 e. The van der Waals surface area contributed by atoms with Gasteiger partial charge in [0.1, 0.15) is 29.9 Å². The summed E-state index contributed by atoms with van der Waals surface area (Å²) < 4.78 is 0. The first-order valence-corrected chi connectivity index (χ1v) is 17.1. The number of nitrogens with one attached hydrogen (secondary N) is 1. The van der Waals surface area contributed by atoms with Gasteiger partial charge in [-0.3, -0.25) is 24.0 Å². The molecule has 4 rings (SSSR count). The lowest BCUT2D eigenvalue weighted by molar-refractivity contribution is -0.152. The highest BCUT2D eigenvalue weighted by Crippen LogP contribution is 2.20. The van der Waals surface area contributed by atoms with Gasteiger partial charge in [0.15, 0.2) is 0 Å². The van der Waals surface area contributed by atoms with Crippen LogP contribution in [0, 0.1) is 0 Å². The number of benzene rings is 4. The second kappa shape index (κ2) is 18.3. The van der Waals surface area contributed by atoms with Crippen LogP contribution in [0.3, 0.4) is 0 Å². The van der Waals surface area contributed by atoms with E-state index >= 15 is 0 Å². The van der Waals surface area contributed by atoms with Crippen molar-refractivity contribution < 1.29 is 29.1 Å². The van der Waals surface area contributed by atoms with Gasteiger partial charge in [-0.25, -0.2) is 0 Å². The maximum Gasteiger partial charge on any atom is 0.246 e. The van der Waals surface area contributed by atoms with Gasteiger partial charge in [-0.2, -0.15) is 0 Å². The molecule has 52 heavy (non-hydrogen) atoms. The van der Waals surface area contributed by atoms with Crippen molar-refractivity contribution in [3.63, 3.8) is 0 Å². The minimum atomic E-state index is -1.08. The molecule has 11 heteroatoms. The summed E-state index contributed by atoms with van der Waals surface area (Å²) in [4.78, 5) is 72.4. The minimum Gasteiger partial charge on any atom is -0.508 e. The minimum absolute atomic E-state index is 0.0623. The Bertz CT molecular complexity index is 1800. The Morgan fingerprint density at radius 1 is 0.538 bits per heavy atom. The van der Waals surface area contributed by atoms with E-state index in [1.807, 2.05) is 91.0 Å². The first-order valence-electron chi connectivity index (χ1n) is 17.1. The fourth-order valence-corrected chi connectivity index (χ4v) is 6.21. The number of phenolic OH excluding ortho intramolecular Hbond substituents is 1. The predicted octanol–water partition coefficient (Wildman–Crippen LogP) is 3.13. The number of carbonyl (C=O) groups is 5. The maximum atomic E-state index is 14.7. The monoisotopic (exact) mass is 705 g/mol. The number of hydrogen-bond acceptors (Lipinski definition) is 6. The maximum absolute atomic E-state index is 14.7. The number of amides is 5. The molecule has 0 radical (unpaired) electrons. The molecule has 272 valence electrons. The van der Waals surface area contributed by atoms with Gasteiger partial charge in [0.25, 0.3) is 0 Å². The molecule has 0 saturated heterocycles. The van der Waals surface area contributed by atoms with Gasteiger partial charge >= 0.3 is 0 Å². The van der Waals surface area contributed by atoms with Crippen LogP contribution in [0.4, 0.5) is 0 Å². The third-order valence-corrected chi connectivity index (χ3v) is 9.21. The van der Waals surface area contributed by atoms with Crippen LogP contribution >= 0.6 is 0 Å². The molecular weight excluding hydrogens is 658 g/mol. The number of nitrogens with zero attached hydrogens (tertiary/aromatic N) is 3. The molecular formula is C41H47N5O6. The Morgan fingerprint density at radius 3 is 1.27 bits per heavy atom. The molecule has 0 aromatic heterocycles. The molecule has 0 unspecified atom stereocenters. The molecule has 0 aliphatic carbocycles. The molecule has 0 heterocycles. The first-order chi connectivity index (χ1) is 24.8. The zero-order chi connectivity index (χ0) is 37.8. The summed E-state index contributed by atoms with van der Waals surface area (Å²) in [5.74, 6) is -2.55. The average Bonchev–Trinajstić information content (AvgIpc) is 3.15. The summed E-state index contributed by atoms with van der Waals surface area (Å²) in [6.45, 7) is 1.31. The van der Waals surface area contributed by atoms with Crippen LogP contribution < -0.4 is 11.1 Å². The van der Waals surface area contributed by atoms with Gasteiger partial charge in [-0.1, -0.05) is 103 Å². The van der Waals surface area contributed by atoms with Crippen LogP contribution in [0.5, 0.6) is 5.75 Å². The molecule has 0 aliphatic heterocycles. The number of hydrogen-bond donors (Lipinski definition) is 3. The lowest BCUT2D eigenvalue weighted by atomic mass is 9.98. The zero-order valence-electron chi connectivity index (χ0n) is 30.0. The molecule has 4 aromatic rings. The summed E-state index contributed by atoms with van der Waals surface area (Å²) in [5, 5.41) is 12.5. The zero-order valence-corrected chi connectivity index (χ0v) is 30.0. The Morgan fingerprint density at radius 2 is 0.885 bits per heavy atom. The Balaban J connectivity index is 1.70. The van der Waals surface area contributed by atoms with Crippen molar-refractivity contribution in [2.45, 2.75) is 56.8 Å². The van der Waals surface area contributed by atoms with Crippen LogP contribution in [0.15, 0.2) is 115 Å². The van der Waals surface area contributed by atoms with Gasteiger partial charge in [-0.15, -0.1) is 0 Å². The number of nitrogens with two attached hydrogens (primary N) is 1. The molecule has 11 nitrogen and oxygen atoms in total. The molecule has 5 amide bonds. The van der Waals surface area contributed by atoms with E-state index in [9.17, 15) is 29.1 Å². The third kappa shape index (κ3) is 10.5. The Kier molecular flexibility index (Phi) is 13.7. The average molecular weight is 706 g/mol. The Labute approximate surface area is 305 Å². The standard InChI is InChI=1S/C41H47N5O6/c1-28(47)43-34(24-32-20-22-33(48)23-21-32)39(50)45(3)36(26-30-16-10-6-11-17-30)41(52)46(4)37(27-31-18-12-7-13-19-31)40(51)44(2)35(38(42)49)25-29-14-8-5-9-15-29/h5-23,34-37,48H,24-27H2,1-4H3,(H2,42,49)(H,43,47)/t34-,35-,36-,37-/m0/s1. The van der Waals surface area contributed by atoms with Crippen molar-refractivity contribution >= 4 is 29.5 Å². The van der Waals surface area contributed by atoms with E-state index in [4.69, 9.17) is 5.73 Å². The molecule has 0 spiro atoms. The SMILES string of the molecule is CC(=O)N[C@@H](Cc1ccc(O)cc1)C(=O)N(C)[C@@H](Cc1ccccc1)C(=O)N(C)[C@@H](Cc1ccccc1)C(=O)N(C)[C@@H](Cc1ccccc1)C(N)=O. The number of likely N-dealkylation sites (N-methyl/N-ethyl adjacent to an activating group) is 3. The van der Waals surface area contributed by atoms with Crippen molar-refractivity contribution in [1.29, 1.82) is 0 Å². The second-order valence-electron chi connectivity index (χ2n) is 13.0. The normalized spacial score (nSPS) is 13.2. The van der Waals surface area contributed by atoms with E-state index in [-0.39, 0.29) is 31.4 Å². The van der Waals surface area contributed by atoms with E-state index in [1.165, 1.54) is 54.9 Å².